The van der Waals surface area contributed by atoms with Crippen molar-refractivity contribution in [1.29, 1.82) is 0 Å². The van der Waals surface area contributed by atoms with E-state index < -0.39 is 5.82 Å². The van der Waals surface area contributed by atoms with Gasteiger partial charge < -0.3 is 21.5 Å². The molecule has 0 atom stereocenters. The molecule has 5 N–H and O–H groups in total. The van der Waals surface area contributed by atoms with Gasteiger partial charge in [0.25, 0.3) is 0 Å². The SMILES string of the molecule is Cl.NCC1(c2ccccc2)CCN(c2cc(-c3cc(F)ccc3O)nnc2N)CC1. The van der Waals surface area contributed by atoms with Crippen molar-refractivity contribution >= 4 is 23.9 Å². The maximum atomic E-state index is 13.6. The number of phenolic OH excluding ortho intramolecular Hbond substituents is 1. The van der Waals surface area contributed by atoms with Crippen LogP contribution in [0.1, 0.15) is 18.4 Å². The van der Waals surface area contributed by atoms with Crippen LogP contribution in [0.25, 0.3) is 11.3 Å². The van der Waals surface area contributed by atoms with Crippen molar-refractivity contribution in [2.45, 2.75) is 18.3 Å². The molecule has 0 saturated carbocycles. The highest BCUT2D eigenvalue weighted by molar-refractivity contribution is 5.85. The third kappa shape index (κ3) is 4.04. The second-order valence-electron chi connectivity index (χ2n) is 7.50. The number of benzene rings is 2. The largest absolute Gasteiger partial charge is 0.507 e. The molecule has 8 heteroatoms. The van der Waals surface area contributed by atoms with E-state index in [1.807, 2.05) is 18.2 Å². The molecule has 1 aliphatic rings. The summed E-state index contributed by atoms with van der Waals surface area (Å²) >= 11 is 0. The topological polar surface area (TPSA) is 101 Å². The van der Waals surface area contributed by atoms with Crippen LogP contribution in [0.5, 0.6) is 5.75 Å². The van der Waals surface area contributed by atoms with Crippen LogP contribution in [0.4, 0.5) is 15.9 Å². The zero-order valence-corrected chi connectivity index (χ0v) is 17.3. The van der Waals surface area contributed by atoms with Crippen molar-refractivity contribution in [3.8, 4) is 17.0 Å². The molecule has 4 rings (SSSR count). The molecular weight excluding hydrogens is 405 g/mol. The molecule has 0 aliphatic carbocycles. The number of hydrogen-bond acceptors (Lipinski definition) is 6. The van der Waals surface area contributed by atoms with Gasteiger partial charge in [0.05, 0.1) is 11.4 Å². The molecule has 1 saturated heterocycles. The van der Waals surface area contributed by atoms with Gasteiger partial charge in [0.1, 0.15) is 11.6 Å². The molecule has 1 fully saturated rings. The average Bonchev–Trinajstić information content (AvgIpc) is 2.77. The molecule has 0 unspecified atom stereocenters. The number of anilines is 2. The predicted octanol–water partition coefficient (Wildman–Crippen LogP) is 3.49. The van der Waals surface area contributed by atoms with Crippen molar-refractivity contribution in [2.75, 3.05) is 30.3 Å². The number of nitrogen functional groups attached to an aromatic ring is 1. The Bertz CT molecular complexity index is 1010. The number of aromatic hydroxyl groups is 1. The Labute approximate surface area is 181 Å². The van der Waals surface area contributed by atoms with Gasteiger partial charge >= 0.3 is 0 Å². The second kappa shape index (κ2) is 8.85. The maximum Gasteiger partial charge on any atom is 0.169 e. The predicted molar refractivity (Wildman–Crippen MR) is 119 cm³/mol. The van der Waals surface area contributed by atoms with Gasteiger partial charge in [0.15, 0.2) is 5.82 Å². The van der Waals surface area contributed by atoms with Gasteiger partial charge in [-0.2, -0.15) is 0 Å². The molecule has 3 aromatic rings. The van der Waals surface area contributed by atoms with E-state index in [0.29, 0.717) is 18.1 Å². The lowest BCUT2D eigenvalue weighted by Gasteiger charge is -2.42. The Kier molecular flexibility index (Phi) is 6.43. The number of hydrogen-bond donors (Lipinski definition) is 3. The molecule has 1 aliphatic heterocycles. The summed E-state index contributed by atoms with van der Waals surface area (Å²) < 4.78 is 13.6. The lowest BCUT2D eigenvalue weighted by atomic mass is 9.73. The quantitative estimate of drug-likeness (QED) is 0.586. The fraction of sp³-hybridized carbons (Fsp3) is 0.273. The first-order valence-corrected chi connectivity index (χ1v) is 9.65. The highest BCUT2D eigenvalue weighted by Crippen LogP contribution is 2.38. The van der Waals surface area contributed by atoms with E-state index in [-0.39, 0.29) is 29.1 Å². The first-order valence-electron chi connectivity index (χ1n) is 9.65. The Morgan fingerprint density at radius 1 is 1.03 bits per heavy atom. The summed E-state index contributed by atoms with van der Waals surface area (Å²) in [5.41, 5.74) is 14.9. The minimum absolute atomic E-state index is 0. The van der Waals surface area contributed by atoms with E-state index in [1.54, 1.807) is 6.07 Å². The Hall–Kier alpha value is -2.90. The lowest BCUT2D eigenvalue weighted by molar-refractivity contribution is 0.340. The first-order chi connectivity index (χ1) is 14.0. The monoisotopic (exact) mass is 429 g/mol. The van der Waals surface area contributed by atoms with Gasteiger partial charge in [0, 0.05) is 30.6 Å². The van der Waals surface area contributed by atoms with Gasteiger partial charge in [0.2, 0.25) is 0 Å². The summed E-state index contributed by atoms with van der Waals surface area (Å²) in [7, 11) is 0. The molecule has 30 heavy (non-hydrogen) atoms. The van der Waals surface area contributed by atoms with Crippen LogP contribution < -0.4 is 16.4 Å². The van der Waals surface area contributed by atoms with Crippen LogP contribution >= 0.6 is 12.4 Å². The Morgan fingerprint density at radius 3 is 2.40 bits per heavy atom. The Morgan fingerprint density at radius 2 is 1.73 bits per heavy atom. The summed E-state index contributed by atoms with van der Waals surface area (Å²) in [5, 5.41) is 18.2. The van der Waals surface area contributed by atoms with Crippen LogP contribution in [0.3, 0.4) is 0 Å². The van der Waals surface area contributed by atoms with E-state index in [9.17, 15) is 9.50 Å². The van der Waals surface area contributed by atoms with Crippen molar-refractivity contribution in [3.63, 3.8) is 0 Å². The smallest absolute Gasteiger partial charge is 0.169 e. The summed E-state index contributed by atoms with van der Waals surface area (Å²) in [6.45, 7) is 2.10. The summed E-state index contributed by atoms with van der Waals surface area (Å²) in [4.78, 5) is 2.15. The fourth-order valence-electron chi connectivity index (χ4n) is 4.07. The van der Waals surface area contributed by atoms with Crippen LogP contribution in [0.15, 0.2) is 54.6 Å². The van der Waals surface area contributed by atoms with E-state index >= 15 is 0 Å². The maximum absolute atomic E-state index is 13.6. The van der Waals surface area contributed by atoms with Crippen molar-refractivity contribution < 1.29 is 9.50 Å². The summed E-state index contributed by atoms with van der Waals surface area (Å²) in [6, 6.07) is 15.9. The van der Waals surface area contributed by atoms with E-state index in [0.717, 1.165) is 31.6 Å². The van der Waals surface area contributed by atoms with E-state index in [1.165, 1.54) is 23.8 Å². The molecule has 0 bridgehead atoms. The van der Waals surface area contributed by atoms with E-state index in [4.69, 9.17) is 11.5 Å². The van der Waals surface area contributed by atoms with Crippen molar-refractivity contribution in [2.24, 2.45) is 5.73 Å². The van der Waals surface area contributed by atoms with Crippen molar-refractivity contribution in [3.05, 3.63) is 66.0 Å². The lowest BCUT2D eigenvalue weighted by Crippen LogP contribution is -2.47. The number of aromatic nitrogens is 2. The first kappa shape index (κ1) is 21.8. The highest BCUT2D eigenvalue weighted by atomic mass is 35.5. The molecule has 2 aromatic carbocycles. The molecule has 6 nitrogen and oxygen atoms in total. The van der Waals surface area contributed by atoms with Crippen molar-refractivity contribution in [1.82, 2.24) is 10.2 Å². The number of nitrogens with two attached hydrogens (primary N) is 2. The van der Waals surface area contributed by atoms with Crippen LogP contribution in [0.2, 0.25) is 0 Å². The third-order valence-electron chi connectivity index (χ3n) is 5.87. The minimum Gasteiger partial charge on any atom is -0.507 e. The summed E-state index contributed by atoms with van der Waals surface area (Å²) in [5.74, 6) is -0.197. The van der Waals surface area contributed by atoms with E-state index in [2.05, 4.69) is 27.2 Å². The number of phenols is 1. The summed E-state index contributed by atoms with van der Waals surface area (Å²) in [6.07, 6.45) is 1.77. The standard InChI is InChI=1S/C22H24FN5O.ClH/c23-16-6-7-20(29)17(12-16)18-13-19(21(25)27-26-18)28-10-8-22(14-24,9-11-28)15-4-2-1-3-5-15;/h1-7,12-13,29H,8-11,14,24H2,(H2,25,27);1H. The van der Waals surface area contributed by atoms with Crippen LogP contribution in [0, 0.1) is 5.82 Å². The average molecular weight is 430 g/mol. The van der Waals surface area contributed by atoms with Crippen LogP contribution in [-0.2, 0) is 5.41 Å². The van der Waals surface area contributed by atoms with Gasteiger partial charge in [-0.05, 0) is 42.7 Å². The Balaban J connectivity index is 0.00000256. The van der Waals surface area contributed by atoms with Crippen LogP contribution in [-0.4, -0.2) is 34.9 Å². The number of rotatable bonds is 4. The number of piperidine rings is 1. The van der Waals surface area contributed by atoms with Gasteiger partial charge in [-0.25, -0.2) is 4.39 Å². The normalized spacial score (nSPS) is 15.5. The third-order valence-corrected chi connectivity index (χ3v) is 5.87. The zero-order valence-electron chi connectivity index (χ0n) is 16.5. The van der Waals surface area contributed by atoms with Gasteiger partial charge in [-0.3, -0.25) is 0 Å². The highest BCUT2D eigenvalue weighted by Gasteiger charge is 2.35. The number of nitrogens with zero attached hydrogens (tertiary/aromatic N) is 3. The molecule has 1 aromatic heterocycles. The molecule has 0 spiro atoms. The molecule has 2 heterocycles. The zero-order chi connectivity index (χ0) is 20.4. The fourth-order valence-corrected chi connectivity index (χ4v) is 4.07. The molecule has 0 radical (unpaired) electrons. The number of halogens is 2. The minimum atomic E-state index is -0.452. The molecule has 0 amide bonds. The van der Waals surface area contributed by atoms with Gasteiger partial charge in [-0.15, -0.1) is 22.6 Å². The van der Waals surface area contributed by atoms with Gasteiger partial charge in [-0.1, -0.05) is 30.3 Å². The molecule has 158 valence electrons. The second-order valence-corrected chi connectivity index (χ2v) is 7.50. The molecular formula is C22H25ClFN5O.